The Balaban J connectivity index is 1.13. The minimum absolute atomic E-state index is 0.808. The second-order valence-corrected chi connectivity index (χ2v) is 11.8. The Kier molecular flexibility index (Phi) is 6.30. The minimum atomic E-state index is 0.808. The summed E-state index contributed by atoms with van der Waals surface area (Å²) >= 11 is 7.83. The van der Waals surface area contributed by atoms with Gasteiger partial charge in [0.15, 0.2) is 11.6 Å². The molecule has 0 saturated carbocycles. The molecule has 4 heterocycles. The fraction of sp³-hybridized carbons (Fsp3) is 0.182. The summed E-state index contributed by atoms with van der Waals surface area (Å²) in [6.45, 7) is 0. The van der Waals surface area contributed by atoms with E-state index in [2.05, 4.69) is 89.8 Å². The number of hydrogen-bond acceptors (Lipinski definition) is 8. The third kappa shape index (κ3) is 4.24. The van der Waals surface area contributed by atoms with Crippen LogP contribution in [0.25, 0.3) is 31.1 Å². The topological polar surface area (TPSA) is 86.2 Å². The molecule has 6 rings (SSSR count). The highest BCUT2D eigenvalue weighted by atomic mass is 127. The molecule has 0 aliphatic rings. The van der Waals surface area contributed by atoms with Crippen molar-refractivity contribution in [1.29, 1.82) is 0 Å². The normalized spacial score (nSPS) is 11.7. The van der Waals surface area contributed by atoms with E-state index in [0.29, 0.717) is 0 Å². The molecule has 0 saturated heterocycles. The van der Waals surface area contributed by atoms with Crippen LogP contribution >= 0.6 is 67.9 Å². The molecule has 2 aromatic carbocycles. The minimum Gasteiger partial charge on any atom is -0.187 e. The first kappa shape index (κ1) is 22.4. The van der Waals surface area contributed by atoms with E-state index in [9.17, 15) is 0 Å². The van der Waals surface area contributed by atoms with Crippen LogP contribution in [0.2, 0.25) is 0 Å². The molecule has 0 spiro atoms. The van der Waals surface area contributed by atoms with Gasteiger partial charge in [-0.1, -0.05) is 59.1 Å². The van der Waals surface area contributed by atoms with Crippen molar-refractivity contribution in [3.8, 4) is 21.1 Å². The molecule has 6 aromatic rings. The number of aromatic nitrogens is 8. The first-order chi connectivity index (χ1) is 16.7. The summed E-state index contributed by atoms with van der Waals surface area (Å²) in [6, 6.07) is 16.5. The highest BCUT2D eigenvalue weighted by Crippen LogP contribution is 2.30. The molecule has 0 N–H and O–H groups in total. The molecule has 0 unspecified atom stereocenters. The second kappa shape index (κ2) is 9.54. The molecule has 34 heavy (non-hydrogen) atoms. The van der Waals surface area contributed by atoms with E-state index in [1.807, 2.05) is 33.3 Å². The predicted molar refractivity (Wildman–Crippen MR) is 150 cm³/mol. The van der Waals surface area contributed by atoms with Gasteiger partial charge in [0.2, 0.25) is 9.92 Å². The lowest BCUT2D eigenvalue weighted by Crippen LogP contribution is -2.00. The predicted octanol–water partition coefficient (Wildman–Crippen LogP) is 5.79. The van der Waals surface area contributed by atoms with Crippen molar-refractivity contribution >= 4 is 77.8 Å². The van der Waals surface area contributed by atoms with Gasteiger partial charge in [-0.25, -0.2) is 0 Å². The Morgan fingerprint density at radius 1 is 0.618 bits per heavy atom. The average Bonchev–Trinajstić information content (AvgIpc) is 3.59. The van der Waals surface area contributed by atoms with Gasteiger partial charge in [-0.3, -0.25) is 0 Å². The molecule has 0 aliphatic heterocycles. The number of hydrogen-bond donors (Lipinski definition) is 0. The standard InChI is InChI=1S/C22H16I2N8S2/c23-15-9-3-1-7-13(15)19-29-31-17(25-27-21(31)33-19)11-5-6-12-18-26-28-22-32(18)30-20(34-22)14-8-2-4-10-16(14)24/h1-4,7-10H,5-6,11-12H2. The Hall–Kier alpha value is -2.04. The van der Waals surface area contributed by atoms with Gasteiger partial charge in [0.1, 0.15) is 10.0 Å². The quantitative estimate of drug-likeness (QED) is 0.154. The van der Waals surface area contributed by atoms with Gasteiger partial charge in [-0.15, -0.1) is 20.4 Å². The number of benzene rings is 2. The SMILES string of the molecule is Ic1ccccc1-c1nn2c(CCCCc3nnc4sc(-c5ccccc5I)nn34)nnc2s1. The van der Waals surface area contributed by atoms with E-state index in [0.717, 1.165) is 68.4 Å². The molecule has 8 nitrogen and oxygen atoms in total. The summed E-state index contributed by atoms with van der Waals surface area (Å²) in [6.07, 6.45) is 3.53. The summed E-state index contributed by atoms with van der Waals surface area (Å²) in [4.78, 5) is 1.66. The summed E-state index contributed by atoms with van der Waals surface area (Å²) < 4.78 is 6.12. The molecule has 0 atom stereocenters. The van der Waals surface area contributed by atoms with Crippen LogP contribution in [0.15, 0.2) is 48.5 Å². The zero-order chi connectivity index (χ0) is 23.1. The van der Waals surface area contributed by atoms with Gasteiger partial charge in [0, 0.05) is 31.1 Å². The maximum absolute atomic E-state index is 4.78. The van der Waals surface area contributed by atoms with E-state index >= 15 is 0 Å². The summed E-state index contributed by atoms with van der Waals surface area (Å²) in [5.41, 5.74) is 2.27. The average molecular weight is 710 g/mol. The highest BCUT2D eigenvalue weighted by Gasteiger charge is 2.16. The molecule has 170 valence electrons. The second-order valence-electron chi connectivity index (χ2n) is 7.60. The summed E-state index contributed by atoms with van der Waals surface area (Å²) in [5.74, 6) is 1.79. The number of halogens is 2. The van der Waals surface area contributed by atoms with E-state index in [1.54, 1.807) is 22.7 Å². The lowest BCUT2D eigenvalue weighted by Gasteiger charge is -2.00. The molecule has 0 radical (unpaired) electrons. The van der Waals surface area contributed by atoms with Crippen LogP contribution < -0.4 is 0 Å². The number of fused-ring (bicyclic) bond motifs is 2. The van der Waals surface area contributed by atoms with Crippen LogP contribution in [0.5, 0.6) is 0 Å². The van der Waals surface area contributed by atoms with E-state index < -0.39 is 0 Å². The van der Waals surface area contributed by atoms with Crippen LogP contribution in [-0.4, -0.2) is 39.6 Å². The van der Waals surface area contributed by atoms with Crippen molar-refractivity contribution < 1.29 is 0 Å². The molecular weight excluding hydrogens is 694 g/mol. The van der Waals surface area contributed by atoms with Gasteiger partial charge in [-0.2, -0.15) is 19.2 Å². The van der Waals surface area contributed by atoms with E-state index in [-0.39, 0.29) is 0 Å². The van der Waals surface area contributed by atoms with Gasteiger partial charge in [0.25, 0.3) is 0 Å². The van der Waals surface area contributed by atoms with Crippen molar-refractivity contribution in [2.75, 3.05) is 0 Å². The van der Waals surface area contributed by atoms with Crippen molar-refractivity contribution in [3.05, 3.63) is 67.3 Å². The van der Waals surface area contributed by atoms with Gasteiger partial charge in [0.05, 0.1) is 0 Å². The van der Waals surface area contributed by atoms with Crippen LogP contribution in [0.4, 0.5) is 0 Å². The molecule has 0 bridgehead atoms. The fourth-order valence-electron chi connectivity index (χ4n) is 3.68. The summed E-state index contributed by atoms with van der Waals surface area (Å²) in [7, 11) is 0. The molecule has 0 amide bonds. The maximum atomic E-state index is 4.78. The summed E-state index contributed by atoms with van der Waals surface area (Å²) in [5, 5.41) is 28.9. The first-order valence-electron chi connectivity index (χ1n) is 10.6. The Bertz CT molecular complexity index is 1500. The first-order valence-corrected chi connectivity index (χ1v) is 14.4. The third-order valence-corrected chi connectivity index (χ3v) is 9.12. The van der Waals surface area contributed by atoms with Gasteiger partial charge >= 0.3 is 0 Å². The van der Waals surface area contributed by atoms with Crippen LogP contribution in [0, 0.1) is 7.14 Å². The lowest BCUT2D eigenvalue weighted by molar-refractivity contribution is 0.661. The number of rotatable bonds is 7. The molecule has 0 aliphatic carbocycles. The van der Waals surface area contributed by atoms with Gasteiger partial charge in [-0.05, 0) is 70.2 Å². The lowest BCUT2D eigenvalue weighted by atomic mass is 10.2. The number of aryl methyl sites for hydroxylation is 2. The zero-order valence-electron chi connectivity index (χ0n) is 17.6. The molecule has 12 heteroatoms. The highest BCUT2D eigenvalue weighted by molar-refractivity contribution is 14.1. The molecule has 0 fully saturated rings. The van der Waals surface area contributed by atoms with Crippen molar-refractivity contribution in [1.82, 2.24) is 39.6 Å². The maximum Gasteiger partial charge on any atom is 0.234 e. The van der Waals surface area contributed by atoms with Crippen LogP contribution in [0.1, 0.15) is 24.5 Å². The van der Waals surface area contributed by atoms with E-state index in [4.69, 9.17) is 10.2 Å². The Labute approximate surface area is 229 Å². The monoisotopic (exact) mass is 710 g/mol. The zero-order valence-corrected chi connectivity index (χ0v) is 23.5. The molecular formula is C22H16I2N8S2. The van der Waals surface area contributed by atoms with Crippen molar-refractivity contribution in [2.45, 2.75) is 25.7 Å². The largest absolute Gasteiger partial charge is 0.234 e. The van der Waals surface area contributed by atoms with Crippen molar-refractivity contribution in [3.63, 3.8) is 0 Å². The molecule has 4 aromatic heterocycles. The Morgan fingerprint density at radius 2 is 1.06 bits per heavy atom. The van der Waals surface area contributed by atoms with Gasteiger partial charge < -0.3 is 0 Å². The Morgan fingerprint density at radius 3 is 1.50 bits per heavy atom. The third-order valence-electron chi connectivity index (χ3n) is 5.37. The van der Waals surface area contributed by atoms with E-state index in [1.165, 1.54) is 7.14 Å². The fourth-order valence-corrected chi connectivity index (χ4v) is 7.13. The van der Waals surface area contributed by atoms with Crippen molar-refractivity contribution in [2.24, 2.45) is 0 Å². The number of unbranched alkanes of at least 4 members (excludes halogenated alkanes) is 1. The van der Waals surface area contributed by atoms with Crippen LogP contribution in [-0.2, 0) is 12.8 Å². The van der Waals surface area contributed by atoms with Crippen LogP contribution in [0.3, 0.4) is 0 Å². The smallest absolute Gasteiger partial charge is 0.187 e. The number of nitrogens with zero attached hydrogens (tertiary/aromatic N) is 8.